The van der Waals surface area contributed by atoms with E-state index in [0.717, 1.165) is 37.6 Å². The van der Waals surface area contributed by atoms with Crippen LogP contribution in [0.25, 0.3) is 5.69 Å². The van der Waals surface area contributed by atoms with E-state index in [2.05, 4.69) is 28.2 Å². The third kappa shape index (κ3) is 3.39. The van der Waals surface area contributed by atoms with Gasteiger partial charge in [-0.05, 0) is 43.6 Å². The number of para-hydroxylation sites is 1. The Morgan fingerprint density at radius 3 is 2.70 bits per heavy atom. The molecule has 5 heteroatoms. The second kappa shape index (κ2) is 6.88. The lowest BCUT2D eigenvalue weighted by molar-refractivity contribution is 0.313. The average Bonchev–Trinajstić information content (AvgIpc) is 3.09. The van der Waals surface area contributed by atoms with Gasteiger partial charge in [0, 0.05) is 19.3 Å². The monoisotopic (exact) mass is 292 g/mol. The van der Waals surface area contributed by atoms with Crippen LogP contribution in [-0.4, -0.2) is 34.3 Å². The Morgan fingerprint density at radius 2 is 2.00 bits per heavy atom. The van der Waals surface area contributed by atoms with Crippen LogP contribution >= 0.6 is 12.4 Å². The molecule has 2 aromatic rings. The number of nitrogens with zero attached hydrogens (tertiary/aromatic N) is 3. The zero-order valence-corrected chi connectivity index (χ0v) is 12.3. The summed E-state index contributed by atoms with van der Waals surface area (Å²) >= 11 is 0. The molecular weight excluding hydrogens is 272 g/mol. The van der Waals surface area contributed by atoms with Crippen molar-refractivity contribution in [3.05, 3.63) is 48.3 Å². The molecule has 1 atom stereocenters. The minimum absolute atomic E-state index is 0. The van der Waals surface area contributed by atoms with Gasteiger partial charge in [0.1, 0.15) is 0 Å². The molecule has 2 heterocycles. The third-order valence-corrected chi connectivity index (χ3v) is 3.75. The van der Waals surface area contributed by atoms with Crippen LogP contribution in [0.5, 0.6) is 0 Å². The zero-order chi connectivity index (χ0) is 13.1. The lowest BCUT2D eigenvalue weighted by Gasteiger charge is -2.13. The standard InChI is InChI=1S/C15H20N4.ClH/c16-10-13-6-8-18(11-13)12-14-7-9-19(17-14)15-4-2-1-3-5-15;/h1-5,7,9,13H,6,8,10-12,16H2;1H. The smallest absolute Gasteiger partial charge is 0.0769 e. The number of benzene rings is 1. The highest BCUT2D eigenvalue weighted by Crippen LogP contribution is 2.17. The summed E-state index contributed by atoms with van der Waals surface area (Å²) < 4.78 is 1.94. The van der Waals surface area contributed by atoms with Crippen molar-refractivity contribution < 1.29 is 0 Å². The molecule has 1 unspecified atom stereocenters. The van der Waals surface area contributed by atoms with Crippen LogP contribution < -0.4 is 5.73 Å². The molecule has 1 saturated heterocycles. The van der Waals surface area contributed by atoms with Gasteiger partial charge in [-0.25, -0.2) is 4.68 Å². The fourth-order valence-corrected chi connectivity index (χ4v) is 2.65. The fraction of sp³-hybridized carbons (Fsp3) is 0.400. The SMILES string of the molecule is Cl.NCC1CCN(Cc2ccn(-c3ccccc3)n2)C1. The molecule has 108 valence electrons. The first-order valence-corrected chi connectivity index (χ1v) is 6.87. The average molecular weight is 293 g/mol. The Labute approximate surface area is 126 Å². The molecule has 0 spiro atoms. The number of aromatic nitrogens is 2. The van der Waals surface area contributed by atoms with E-state index in [1.807, 2.05) is 29.1 Å². The maximum atomic E-state index is 5.72. The highest BCUT2D eigenvalue weighted by molar-refractivity contribution is 5.85. The normalized spacial score (nSPS) is 18.9. The van der Waals surface area contributed by atoms with Crippen LogP contribution in [0.15, 0.2) is 42.6 Å². The molecule has 0 radical (unpaired) electrons. The lowest BCUT2D eigenvalue weighted by atomic mass is 10.1. The predicted octanol–water partition coefficient (Wildman–Crippen LogP) is 2.07. The van der Waals surface area contributed by atoms with Crippen molar-refractivity contribution in [1.82, 2.24) is 14.7 Å². The number of rotatable bonds is 4. The summed E-state index contributed by atoms with van der Waals surface area (Å²) in [6.45, 7) is 3.97. The minimum Gasteiger partial charge on any atom is -0.330 e. The molecule has 1 aromatic heterocycles. The van der Waals surface area contributed by atoms with Gasteiger partial charge in [-0.3, -0.25) is 4.90 Å². The maximum Gasteiger partial charge on any atom is 0.0769 e. The van der Waals surface area contributed by atoms with Gasteiger partial charge < -0.3 is 5.73 Å². The van der Waals surface area contributed by atoms with E-state index in [9.17, 15) is 0 Å². The molecule has 1 aliphatic heterocycles. The first kappa shape index (κ1) is 15.0. The van der Waals surface area contributed by atoms with Gasteiger partial charge in [-0.15, -0.1) is 12.4 Å². The van der Waals surface area contributed by atoms with Gasteiger partial charge in [0.15, 0.2) is 0 Å². The Bertz CT molecular complexity index is 526. The van der Waals surface area contributed by atoms with Crippen molar-refractivity contribution in [2.45, 2.75) is 13.0 Å². The number of likely N-dealkylation sites (tertiary alicyclic amines) is 1. The van der Waals surface area contributed by atoms with E-state index in [0.29, 0.717) is 5.92 Å². The molecule has 4 nitrogen and oxygen atoms in total. The molecule has 1 aliphatic rings. The van der Waals surface area contributed by atoms with Gasteiger partial charge >= 0.3 is 0 Å². The Hall–Kier alpha value is -1.36. The van der Waals surface area contributed by atoms with E-state index in [4.69, 9.17) is 5.73 Å². The first-order chi connectivity index (χ1) is 9.35. The van der Waals surface area contributed by atoms with E-state index in [1.54, 1.807) is 0 Å². The largest absolute Gasteiger partial charge is 0.330 e. The summed E-state index contributed by atoms with van der Waals surface area (Å²) in [6.07, 6.45) is 3.25. The molecule has 1 fully saturated rings. The summed E-state index contributed by atoms with van der Waals surface area (Å²) in [5.74, 6) is 0.663. The highest BCUT2D eigenvalue weighted by atomic mass is 35.5. The number of halogens is 1. The second-order valence-electron chi connectivity index (χ2n) is 5.21. The quantitative estimate of drug-likeness (QED) is 0.938. The number of nitrogens with two attached hydrogens (primary N) is 1. The molecule has 0 saturated carbocycles. The van der Waals surface area contributed by atoms with Crippen LogP contribution in [0, 0.1) is 5.92 Å². The Balaban J connectivity index is 0.00000147. The molecular formula is C15H21ClN4. The summed E-state index contributed by atoms with van der Waals surface area (Å²) in [4.78, 5) is 2.44. The first-order valence-electron chi connectivity index (χ1n) is 6.87. The van der Waals surface area contributed by atoms with Crippen LogP contribution in [-0.2, 0) is 6.54 Å². The third-order valence-electron chi connectivity index (χ3n) is 3.75. The molecule has 3 rings (SSSR count). The van der Waals surface area contributed by atoms with Crippen molar-refractivity contribution in [2.24, 2.45) is 11.7 Å². The van der Waals surface area contributed by atoms with E-state index >= 15 is 0 Å². The van der Waals surface area contributed by atoms with Crippen molar-refractivity contribution in [3.8, 4) is 5.69 Å². The topological polar surface area (TPSA) is 47.1 Å². The van der Waals surface area contributed by atoms with Crippen molar-refractivity contribution in [1.29, 1.82) is 0 Å². The zero-order valence-electron chi connectivity index (χ0n) is 11.5. The Kier molecular flexibility index (Phi) is 5.17. The van der Waals surface area contributed by atoms with Gasteiger partial charge in [0.2, 0.25) is 0 Å². The predicted molar refractivity (Wildman–Crippen MR) is 83.3 cm³/mol. The molecule has 0 bridgehead atoms. The van der Waals surface area contributed by atoms with Crippen LogP contribution in [0.3, 0.4) is 0 Å². The molecule has 1 aromatic carbocycles. The van der Waals surface area contributed by atoms with Crippen molar-refractivity contribution in [2.75, 3.05) is 19.6 Å². The summed E-state index contributed by atoms with van der Waals surface area (Å²) in [5, 5.41) is 4.64. The van der Waals surface area contributed by atoms with Gasteiger partial charge in [0.05, 0.1) is 11.4 Å². The van der Waals surface area contributed by atoms with Crippen LogP contribution in [0.2, 0.25) is 0 Å². The van der Waals surface area contributed by atoms with Gasteiger partial charge in [-0.1, -0.05) is 18.2 Å². The molecule has 2 N–H and O–H groups in total. The van der Waals surface area contributed by atoms with E-state index in [-0.39, 0.29) is 12.4 Å². The van der Waals surface area contributed by atoms with Crippen molar-refractivity contribution in [3.63, 3.8) is 0 Å². The van der Waals surface area contributed by atoms with Crippen LogP contribution in [0.4, 0.5) is 0 Å². The highest BCUT2D eigenvalue weighted by Gasteiger charge is 2.21. The summed E-state index contributed by atoms with van der Waals surface area (Å²) in [6, 6.07) is 12.3. The van der Waals surface area contributed by atoms with Crippen molar-refractivity contribution >= 4 is 12.4 Å². The Morgan fingerprint density at radius 1 is 1.20 bits per heavy atom. The fourth-order valence-electron chi connectivity index (χ4n) is 2.65. The molecule has 0 amide bonds. The number of hydrogen-bond acceptors (Lipinski definition) is 3. The molecule has 0 aliphatic carbocycles. The maximum absolute atomic E-state index is 5.72. The van der Waals surface area contributed by atoms with Gasteiger partial charge in [-0.2, -0.15) is 5.10 Å². The lowest BCUT2D eigenvalue weighted by Crippen LogP contribution is -2.23. The van der Waals surface area contributed by atoms with Gasteiger partial charge in [0.25, 0.3) is 0 Å². The molecule has 20 heavy (non-hydrogen) atoms. The van der Waals surface area contributed by atoms with E-state index < -0.39 is 0 Å². The summed E-state index contributed by atoms with van der Waals surface area (Å²) in [5.41, 5.74) is 7.96. The summed E-state index contributed by atoms with van der Waals surface area (Å²) in [7, 11) is 0. The van der Waals surface area contributed by atoms with Crippen LogP contribution in [0.1, 0.15) is 12.1 Å². The second-order valence-corrected chi connectivity index (χ2v) is 5.21. The number of hydrogen-bond donors (Lipinski definition) is 1. The minimum atomic E-state index is 0. The van der Waals surface area contributed by atoms with E-state index in [1.165, 1.54) is 6.42 Å².